The highest BCUT2D eigenvalue weighted by Crippen LogP contribution is 2.25. The van der Waals surface area contributed by atoms with E-state index in [4.69, 9.17) is 21.3 Å². The van der Waals surface area contributed by atoms with Gasteiger partial charge in [0.15, 0.2) is 0 Å². The Bertz CT molecular complexity index is 1010. The van der Waals surface area contributed by atoms with E-state index in [2.05, 4.69) is 39.8 Å². The molecule has 1 heterocycles. The lowest BCUT2D eigenvalue weighted by molar-refractivity contribution is 0.0741. The van der Waals surface area contributed by atoms with Crippen molar-refractivity contribution >= 4 is 28.8 Å². The summed E-state index contributed by atoms with van der Waals surface area (Å²) in [5, 5.41) is 3.53. The number of hydrogen-bond acceptors (Lipinski definition) is 4. The molecule has 0 radical (unpaired) electrons. The van der Waals surface area contributed by atoms with Crippen molar-refractivity contribution in [2.75, 3.05) is 6.54 Å². The van der Waals surface area contributed by atoms with Crippen molar-refractivity contribution in [2.24, 2.45) is 0 Å². The lowest BCUT2D eigenvalue weighted by Gasteiger charge is -2.21. The first kappa shape index (κ1) is 22.3. The van der Waals surface area contributed by atoms with Gasteiger partial charge in [0.2, 0.25) is 0 Å². The predicted molar refractivity (Wildman–Crippen MR) is 124 cm³/mol. The molecule has 0 aliphatic rings. The van der Waals surface area contributed by atoms with Gasteiger partial charge < -0.3 is 9.64 Å². The van der Waals surface area contributed by atoms with Crippen LogP contribution >= 0.6 is 22.9 Å². The Labute approximate surface area is 187 Å². The van der Waals surface area contributed by atoms with Gasteiger partial charge in [-0.1, -0.05) is 24.6 Å². The minimum atomic E-state index is -0.00909. The third-order valence-corrected chi connectivity index (χ3v) is 6.06. The van der Waals surface area contributed by atoms with E-state index < -0.39 is 0 Å². The fraction of sp³-hybridized carbons (Fsp3) is 0.333. The molecule has 1 aromatic heterocycles. The van der Waals surface area contributed by atoms with Crippen LogP contribution < -0.4 is 4.74 Å². The first-order valence-corrected chi connectivity index (χ1v) is 11.3. The van der Waals surface area contributed by atoms with Crippen molar-refractivity contribution in [3.8, 4) is 5.75 Å². The number of ether oxygens (including phenoxy) is 1. The average Bonchev–Trinajstić information content (AvgIpc) is 3.16. The zero-order valence-corrected chi connectivity index (χ0v) is 19.4. The molecule has 0 aliphatic carbocycles. The van der Waals surface area contributed by atoms with Crippen molar-refractivity contribution in [1.29, 1.82) is 0 Å². The molecule has 0 saturated carbocycles. The van der Waals surface area contributed by atoms with Crippen LogP contribution in [-0.4, -0.2) is 22.3 Å². The molecule has 0 fully saturated rings. The quantitative estimate of drug-likeness (QED) is 0.408. The fourth-order valence-electron chi connectivity index (χ4n) is 3.27. The molecule has 0 aliphatic heterocycles. The van der Waals surface area contributed by atoms with E-state index >= 15 is 0 Å². The van der Waals surface area contributed by atoms with Crippen molar-refractivity contribution in [3.05, 3.63) is 79.8 Å². The Morgan fingerprint density at radius 3 is 2.60 bits per heavy atom. The zero-order valence-electron chi connectivity index (χ0n) is 17.9. The summed E-state index contributed by atoms with van der Waals surface area (Å²) in [6, 6.07) is 11.2. The largest absolute Gasteiger partial charge is 0.486 e. The standard InChI is InChI=1S/C24H27ClN2O2S/c1-5-10-27(24(28)19-6-8-20(25)9-7-19)13-21-15-30-23(26-21)14-29-22-12-16(2)11-17(3)18(22)4/h6-9,11-12,15H,5,10,13-14H2,1-4H3. The number of amides is 1. The van der Waals surface area contributed by atoms with E-state index in [1.807, 2.05) is 10.3 Å². The van der Waals surface area contributed by atoms with E-state index in [0.29, 0.717) is 30.3 Å². The Hall–Kier alpha value is -2.37. The van der Waals surface area contributed by atoms with Crippen LogP contribution in [0, 0.1) is 20.8 Å². The van der Waals surface area contributed by atoms with Crippen LogP contribution in [0.4, 0.5) is 0 Å². The molecule has 158 valence electrons. The third-order valence-electron chi connectivity index (χ3n) is 4.94. The topological polar surface area (TPSA) is 42.4 Å². The summed E-state index contributed by atoms with van der Waals surface area (Å²) < 4.78 is 6.03. The van der Waals surface area contributed by atoms with Crippen molar-refractivity contribution in [1.82, 2.24) is 9.88 Å². The molecule has 0 unspecified atom stereocenters. The van der Waals surface area contributed by atoms with E-state index in [-0.39, 0.29) is 5.91 Å². The number of hydrogen-bond donors (Lipinski definition) is 0. The summed E-state index contributed by atoms with van der Waals surface area (Å²) in [7, 11) is 0. The molecule has 30 heavy (non-hydrogen) atoms. The molecule has 1 amide bonds. The summed E-state index contributed by atoms with van der Waals surface area (Å²) in [6.07, 6.45) is 0.880. The Balaban J connectivity index is 1.67. The van der Waals surface area contributed by atoms with Crippen LogP contribution in [0.3, 0.4) is 0 Å². The number of carbonyl (C=O) groups excluding carboxylic acids is 1. The van der Waals surface area contributed by atoms with Crippen LogP contribution in [0.1, 0.15) is 51.1 Å². The van der Waals surface area contributed by atoms with Gasteiger partial charge >= 0.3 is 0 Å². The molecule has 2 aromatic carbocycles. The molecule has 3 aromatic rings. The number of rotatable bonds is 8. The van der Waals surface area contributed by atoms with E-state index in [1.165, 1.54) is 11.1 Å². The van der Waals surface area contributed by atoms with Gasteiger partial charge in [0.05, 0.1) is 12.2 Å². The third kappa shape index (κ3) is 5.61. The number of halogens is 1. The lowest BCUT2D eigenvalue weighted by Crippen LogP contribution is -2.31. The lowest BCUT2D eigenvalue weighted by atomic mass is 10.1. The number of benzene rings is 2. The van der Waals surface area contributed by atoms with Gasteiger partial charge in [0.1, 0.15) is 17.4 Å². The normalized spacial score (nSPS) is 10.8. The number of nitrogens with zero attached hydrogens (tertiary/aromatic N) is 2. The maximum atomic E-state index is 12.9. The summed E-state index contributed by atoms with van der Waals surface area (Å²) in [4.78, 5) is 19.4. The van der Waals surface area contributed by atoms with Gasteiger partial charge in [-0.05, 0) is 74.2 Å². The maximum Gasteiger partial charge on any atom is 0.254 e. The van der Waals surface area contributed by atoms with Gasteiger partial charge in [-0.2, -0.15) is 0 Å². The van der Waals surface area contributed by atoms with Crippen molar-refractivity contribution < 1.29 is 9.53 Å². The van der Waals surface area contributed by atoms with Crippen LogP contribution in [0.15, 0.2) is 41.8 Å². The van der Waals surface area contributed by atoms with Gasteiger partial charge in [-0.3, -0.25) is 4.79 Å². The molecule has 4 nitrogen and oxygen atoms in total. The minimum Gasteiger partial charge on any atom is -0.486 e. The monoisotopic (exact) mass is 442 g/mol. The summed E-state index contributed by atoms with van der Waals surface area (Å²) in [6.45, 7) is 9.88. The van der Waals surface area contributed by atoms with Crippen LogP contribution in [-0.2, 0) is 13.2 Å². The first-order valence-electron chi connectivity index (χ1n) is 10.1. The number of aryl methyl sites for hydroxylation is 2. The zero-order chi connectivity index (χ0) is 21.7. The molecule has 0 saturated heterocycles. The van der Waals surface area contributed by atoms with E-state index in [1.54, 1.807) is 35.6 Å². The van der Waals surface area contributed by atoms with Gasteiger partial charge in [-0.25, -0.2) is 4.98 Å². The highest BCUT2D eigenvalue weighted by Gasteiger charge is 2.17. The van der Waals surface area contributed by atoms with E-state index in [9.17, 15) is 4.79 Å². The number of aromatic nitrogens is 1. The molecular formula is C24H27ClN2O2S. The molecule has 0 atom stereocenters. The number of carbonyl (C=O) groups is 1. The first-order chi connectivity index (χ1) is 14.4. The second-order valence-corrected chi connectivity index (χ2v) is 8.84. The highest BCUT2D eigenvalue weighted by atomic mass is 35.5. The Kier molecular flexibility index (Phi) is 7.51. The van der Waals surface area contributed by atoms with Gasteiger partial charge in [-0.15, -0.1) is 11.3 Å². The molecule has 6 heteroatoms. The maximum absolute atomic E-state index is 12.9. The van der Waals surface area contributed by atoms with E-state index in [0.717, 1.165) is 28.4 Å². The van der Waals surface area contributed by atoms with Crippen molar-refractivity contribution in [2.45, 2.75) is 47.3 Å². The number of thiazole rings is 1. The summed E-state index contributed by atoms with van der Waals surface area (Å²) in [5.74, 6) is 0.889. The predicted octanol–water partition coefficient (Wildman–Crippen LogP) is 6.35. The Morgan fingerprint density at radius 2 is 1.90 bits per heavy atom. The van der Waals surface area contributed by atoms with Crippen LogP contribution in [0.5, 0.6) is 5.75 Å². The SMILES string of the molecule is CCCN(Cc1csc(COc2cc(C)cc(C)c2C)n1)C(=O)c1ccc(Cl)cc1. The molecule has 0 N–H and O–H groups in total. The average molecular weight is 443 g/mol. The second kappa shape index (κ2) is 10.1. The minimum absolute atomic E-state index is 0.00909. The molecular weight excluding hydrogens is 416 g/mol. The summed E-state index contributed by atoms with van der Waals surface area (Å²) >= 11 is 7.51. The Morgan fingerprint density at radius 1 is 1.17 bits per heavy atom. The second-order valence-electron chi connectivity index (χ2n) is 7.46. The van der Waals surface area contributed by atoms with Crippen LogP contribution in [0.25, 0.3) is 0 Å². The summed E-state index contributed by atoms with van der Waals surface area (Å²) in [5.41, 5.74) is 5.08. The molecule has 0 spiro atoms. The smallest absolute Gasteiger partial charge is 0.254 e. The van der Waals surface area contributed by atoms with Crippen LogP contribution in [0.2, 0.25) is 5.02 Å². The molecule has 3 rings (SSSR count). The molecule has 0 bridgehead atoms. The van der Waals surface area contributed by atoms with Gasteiger partial charge in [0, 0.05) is 22.5 Å². The fourth-order valence-corrected chi connectivity index (χ4v) is 4.09. The van der Waals surface area contributed by atoms with Gasteiger partial charge in [0.25, 0.3) is 5.91 Å². The highest BCUT2D eigenvalue weighted by molar-refractivity contribution is 7.09. The van der Waals surface area contributed by atoms with Crippen molar-refractivity contribution in [3.63, 3.8) is 0 Å².